The number of amides is 2. The second kappa shape index (κ2) is 6.56. The molecule has 1 aromatic carbocycles. The van der Waals surface area contributed by atoms with E-state index in [1.807, 2.05) is 12.1 Å². The first kappa shape index (κ1) is 15.8. The number of urea groups is 1. The summed E-state index contributed by atoms with van der Waals surface area (Å²) in [6.07, 6.45) is 3.22. The maximum atomic E-state index is 13.0. The van der Waals surface area contributed by atoms with Crippen molar-refractivity contribution in [3.05, 3.63) is 35.6 Å². The van der Waals surface area contributed by atoms with Gasteiger partial charge in [0.25, 0.3) is 0 Å². The van der Waals surface area contributed by atoms with Crippen molar-refractivity contribution in [2.45, 2.75) is 37.6 Å². The Morgan fingerprint density at radius 2 is 1.91 bits per heavy atom. The zero-order valence-electron chi connectivity index (χ0n) is 12.9. The highest BCUT2D eigenvalue weighted by atomic mass is 19.1. The smallest absolute Gasteiger partial charge is 0.317 e. The van der Waals surface area contributed by atoms with Gasteiger partial charge < -0.3 is 15.3 Å². The summed E-state index contributed by atoms with van der Waals surface area (Å²) in [7, 11) is 0. The molecule has 2 aliphatic rings. The quantitative estimate of drug-likeness (QED) is 0.899. The minimum atomic E-state index is -0.836. The van der Waals surface area contributed by atoms with E-state index in [-0.39, 0.29) is 24.4 Å². The fourth-order valence-corrected chi connectivity index (χ4v) is 3.56. The van der Waals surface area contributed by atoms with E-state index < -0.39 is 11.9 Å². The Hall–Kier alpha value is -2.11. The van der Waals surface area contributed by atoms with E-state index in [4.69, 9.17) is 5.11 Å². The van der Waals surface area contributed by atoms with Gasteiger partial charge in [-0.15, -0.1) is 0 Å². The highest BCUT2D eigenvalue weighted by Gasteiger charge is 2.33. The molecular formula is C17H21FN2O3. The highest BCUT2D eigenvalue weighted by molar-refractivity contribution is 5.77. The molecule has 2 N–H and O–H groups in total. The highest BCUT2D eigenvalue weighted by Crippen LogP contribution is 2.34. The van der Waals surface area contributed by atoms with Gasteiger partial charge in [-0.25, -0.2) is 9.18 Å². The molecule has 1 saturated carbocycles. The van der Waals surface area contributed by atoms with Gasteiger partial charge in [-0.1, -0.05) is 12.1 Å². The maximum absolute atomic E-state index is 13.0. The molecule has 0 aromatic heterocycles. The van der Waals surface area contributed by atoms with Crippen LogP contribution in [0.5, 0.6) is 0 Å². The van der Waals surface area contributed by atoms with E-state index in [1.165, 1.54) is 12.1 Å². The van der Waals surface area contributed by atoms with Crippen molar-refractivity contribution in [1.82, 2.24) is 10.2 Å². The van der Waals surface area contributed by atoms with Crippen molar-refractivity contribution >= 4 is 12.0 Å². The monoisotopic (exact) mass is 320 g/mol. The summed E-state index contributed by atoms with van der Waals surface area (Å²) >= 11 is 0. The minimum Gasteiger partial charge on any atom is -0.481 e. The lowest BCUT2D eigenvalue weighted by atomic mass is 9.97. The summed E-state index contributed by atoms with van der Waals surface area (Å²) in [5.41, 5.74) is 1.11. The number of halogens is 1. The molecule has 1 heterocycles. The van der Waals surface area contributed by atoms with E-state index in [0.29, 0.717) is 18.9 Å². The number of rotatable bonds is 3. The molecule has 3 unspecified atom stereocenters. The van der Waals surface area contributed by atoms with Gasteiger partial charge in [-0.05, 0) is 49.3 Å². The van der Waals surface area contributed by atoms with Crippen LogP contribution in [-0.2, 0) is 4.79 Å². The van der Waals surface area contributed by atoms with Crippen molar-refractivity contribution in [3.63, 3.8) is 0 Å². The van der Waals surface area contributed by atoms with Crippen LogP contribution < -0.4 is 5.32 Å². The lowest BCUT2D eigenvalue weighted by Crippen LogP contribution is -2.43. The third kappa shape index (κ3) is 3.63. The van der Waals surface area contributed by atoms with E-state index in [1.54, 1.807) is 4.90 Å². The van der Waals surface area contributed by atoms with Crippen molar-refractivity contribution < 1.29 is 19.1 Å². The van der Waals surface area contributed by atoms with Crippen molar-refractivity contribution in [2.24, 2.45) is 5.92 Å². The largest absolute Gasteiger partial charge is 0.481 e. The molecule has 0 bridgehead atoms. The van der Waals surface area contributed by atoms with Crippen LogP contribution in [0.2, 0.25) is 0 Å². The molecule has 0 spiro atoms. The predicted molar refractivity (Wildman–Crippen MR) is 82.6 cm³/mol. The number of carbonyl (C=O) groups is 2. The number of carboxylic acid groups (broad SMARTS) is 1. The molecule has 1 saturated heterocycles. The molecule has 124 valence electrons. The molecule has 23 heavy (non-hydrogen) atoms. The number of aliphatic carboxylic acids is 1. The van der Waals surface area contributed by atoms with Crippen LogP contribution in [0.4, 0.5) is 9.18 Å². The van der Waals surface area contributed by atoms with E-state index in [2.05, 4.69) is 5.32 Å². The van der Waals surface area contributed by atoms with E-state index in [9.17, 15) is 14.0 Å². The summed E-state index contributed by atoms with van der Waals surface area (Å²) in [6, 6.07) is 6.49. The van der Waals surface area contributed by atoms with Gasteiger partial charge in [0.05, 0.1) is 5.92 Å². The number of hydrogen-bond acceptors (Lipinski definition) is 2. The SMILES string of the molecule is O=C(O)C1CCN(C(=O)NC2CCC(c3ccc(F)cc3)C2)C1. The third-order valence-corrected chi connectivity index (χ3v) is 4.93. The molecule has 2 fully saturated rings. The molecule has 3 atom stereocenters. The number of carboxylic acids is 1. The molecule has 3 rings (SSSR count). The number of benzene rings is 1. The molecule has 5 nitrogen and oxygen atoms in total. The second-order valence-corrected chi connectivity index (χ2v) is 6.48. The minimum absolute atomic E-state index is 0.0985. The first-order valence-corrected chi connectivity index (χ1v) is 8.06. The Bertz CT molecular complexity index is 590. The van der Waals surface area contributed by atoms with Gasteiger partial charge in [0.1, 0.15) is 5.82 Å². The number of likely N-dealkylation sites (tertiary alicyclic amines) is 1. The van der Waals surface area contributed by atoms with Gasteiger partial charge in [-0.2, -0.15) is 0 Å². The molecule has 1 aliphatic heterocycles. The summed E-state index contributed by atoms with van der Waals surface area (Å²) in [5.74, 6) is -1.18. The van der Waals surface area contributed by atoms with Crippen molar-refractivity contribution in [1.29, 1.82) is 0 Å². The van der Waals surface area contributed by atoms with Crippen LogP contribution in [0.3, 0.4) is 0 Å². The molecule has 0 radical (unpaired) electrons. The fraction of sp³-hybridized carbons (Fsp3) is 0.529. The Balaban J connectivity index is 1.51. The standard InChI is InChI=1S/C17H21FN2O3/c18-14-4-1-11(2-5-14)12-3-6-15(9-12)19-17(23)20-8-7-13(10-20)16(21)22/h1-2,4-5,12-13,15H,3,6-10H2,(H,19,23)(H,21,22). The molecule has 1 aliphatic carbocycles. The van der Waals surface area contributed by atoms with Crippen LogP contribution in [0.25, 0.3) is 0 Å². The van der Waals surface area contributed by atoms with Gasteiger partial charge >= 0.3 is 12.0 Å². The average Bonchev–Trinajstić information content (AvgIpc) is 3.17. The maximum Gasteiger partial charge on any atom is 0.317 e. The van der Waals surface area contributed by atoms with Gasteiger partial charge in [0.15, 0.2) is 0 Å². The summed E-state index contributed by atoms with van der Waals surface area (Å²) in [4.78, 5) is 24.8. The van der Waals surface area contributed by atoms with Crippen LogP contribution >= 0.6 is 0 Å². The topological polar surface area (TPSA) is 69.6 Å². The summed E-state index contributed by atoms with van der Waals surface area (Å²) in [6.45, 7) is 0.784. The first-order valence-electron chi connectivity index (χ1n) is 8.06. The van der Waals surface area contributed by atoms with Gasteiger partial charge in [0.2, 0.25) is 0 Å². The molecule has 1 aromatic rings. The number of carbonyl (C=O) groups excluding carboxylic acids is 1. The van der Waals surface area contributed by atoms with Gasteiger partial charge in [0, 0.05) is 19.1 Å². The first-order chi connectivity index (χ1) is 11.0. The lowest BCUT2D eigenvalue weighted by Gasteiger charge is -2.20. The normalized spacial score (nSPS) is 27.2. The Morgan fingerprint density at radius 3 is 2.57 bits per heavy atom. The predicted octanol–water partition coefficient (Wildman–Crippen LogP) is 2.58. The fourth-order valence-electron chi connectivity index (χ4n) is 3.56. The Kier molecular flexibility index (Phi) is 4.50. The van der Waals surface area contributed by atoms with E-state index in [0.717, 1.165) is 24.8 Å². The summed E-state index contributed by atoms with van der Waals surface area (Å²) < 4.78 is 13.0. The van der Waals surface area contributed by atoms with Crippen LogP contribution in [0.1, 0.15) is 37.2 Å². The van der Waals surface area contributed by atoms with Crippen molar-refractivity contribution in [2.75, 3.05) is 13.1 Å². The molecule has 2 amide bonds. The number of nitrogens with one attached hydrogen (secondary N) is 1. The van der Waals surface area contributed by atoms with Crippen molar-refractivity contribution in [3.8, 4) is 0 Å². The molecular weight excluding hydrogens is 299 g/mol. The van der Waals surface area contributed by atoms with Crippen LogP contribution in [0.15, 0.2) is 24.3 Å². The number of nitrogens with zero attached hydrogens (tertiary/aromatic N) is 1. The zero-order valence-corrected chi connectivity index (χ0v) is 12.9. The average molecular weight is 320 g/mol. The van der Waals surface area contributed by atoms with Gasteiger partial charge in [-0.3, -0.25) is 4.79 Å². The third-order valence-electron chi connectivity index (χ3n) is 4.93. The molecule has 6 heteroatoms. The second-order valence-electron chi connectivity index (χ2n) is 6.48. The van der Waals surface area contributed by atoms with E-state index >= 15 is 0 Å². The van der Waals surface area contributed by atoms with Crippen LogP contribution in [0, 0.1) is 11.7 Å². The number of hydrogen-bond donors (Lipinski definition) is 2. The zero-order chi connectivity index (χ0) is 16.4. The summed E-state index contributed by atoms with van der Waals surface area (Å²) in [5, 5.41) is 12.0. The van der Waals surface area contributed by atoms with Crippen LogP contribution in [-0.4, -0.2) is 41.1 Å². The Labute approximate surface area is 134 Å². The Morgan fingerprint density at radius 1 is 1.17 bits per heavy atom. The lowest BCUT2D eigenvalue weighted by molar-refractivity contribution is -0.141.